The number of benzene rings is 2. The lowest BCUT2D eigenvalue weighted by atomic mass is 10.0. The minimum absolute atomic E-state index is 0.0119. The van der Waals surface area contributed by atoms with Crippen molar-refractivity contribution in [2.24, 2.45) is 0 Å². The maximum absolute atomic E-state index is 12.5. The number of hydrogen-bond acceptors (Lipinski definition) is 6. The molecule has 162 valence electrons. The van der Waals surface area contributed by atoms with Crippen molar-refractivity contribution in [3.63, 3.8) is 0 Å². The highest BCUT2D eigenvalue weighted by atomic mass is 32.2. The number of carboxylic acids is 1. The molecule has 0 bridgehead atoms. The Kier molecular flexibility index (Phi) is 7.02. The van der Waals surface area contributed by atoms with Crippen LogP contribution < -0.4 is 10.9 Å². The normalized spacial score (nSPS) is 11.9. The Bertz CT molecular complexity index is 1170. The van der Waals surface area contributed by atoms with Crippen molar-refractivity contribution >= 4 is 34.6 Å². The smallest absolute Gasteiger partial charge is 0.340 e. The van der Waals surface area contributed by atoms with Crippen molar-refractivity contribution in [3.8, 4) is 5.75 Å². The molecule has 0 fully saturated rings. The number of aliphatic carboxylic acids is 1. The van der Waals surface area contributed by atoms with Gasteiger partial charge in [0.25, 0.3) is 0 Å². The number of amides is 1. The topological polar surface area (TPSA) is 117 Å². The highest BCUT2D eigenvalue weighted by Gasteiger charge is 2.22. The molecule has 0 spiro atoms. The Morgan fingerprint density at radius 1 is 1.10 bits per heavy atom. The highest BCUT2D eigenvalue weighted by Crippen LogP contribution is 2.28. The fourth-order valence-corrected chi connectivity index (χ4v) is 4.24. The van der Waals surface area contributed by atoms with Crippen LogP contribution in [0.15, 0.2) is 51.7 Å². The SMILES string of the molecule is Cc1c(CC(=O)NC(CSCc2ccccc2)C(=O)O)c(=O)oc2c(C)c(O)ccc12. The van der Waals surface area contributed by atoms with Crippen LogP contribution in [0.5, 0.6) is 5.75 Å². The van der Waals surface area contributed by atoms with E-state index in [0.29, 0.717) is 22.3 Å². The van der Waals surface area contributed by atoms with Crippen LogP contribution in [0.4, 0.5) is 0 Å². The second kappa shape index (κ2) is 9.70. The van der Waals surface area contributed by atoms with Gasteiger partial charge in [-0.15, -0.1) is 0 Å². The van der Waals surface area contributed by atoms with E-state index in [2.05, 4.69) is 5.32 Å². The average molecular weight is 442 g/mol. The van der Waals surface area contributed by atoms with E-state index in [1.54, 1.807) is 19.9 Å². The molecule has 7 nitrogen and oxygen atoms in total. The molecule has 0 radical (unpaired) electrons. The number of carbonyl (C=O) groups is 2. The van der Waals surface area contributed by atoms with Crippen molar-refractivity contribution in [2.45, 2.75) is 32.1 Å². The van der Waals surface area contributed by atoms with Gasteiger partial charge >= 0.3 is 11.6 Å². The number of rotatable bonds is 8. The van der Waals surface area contributed by atoms with Crippen molar-refractivity contribution in [1.29, 1.82) is 0 Å². The van der Waals surface area contributed by atoms with Gasteiger partial charge in [-0.3, -0.25) is 4.79 Å². The Morgan fingerprint density at radius 3 is 2.48 bits per heavy atom. The summed E-state index contributed by atoms with van der Waals surface area (Å²) in [7, 11) is 0. The zero-order valence-electron chi connectivity index (χ0n) is 17.2. The molecular weight excluding hydrogens is 418 g/mol. The Hall–Kier alpha value is -3.26. The van der Waals surface area contributed by atoms with Crippen LogP contribution in [0.3, 0.4) is 0 Å². The second-order valence-electron chi connectivity index (χ2n) is 7.22. The Morgan fingerprint density at radius 2 is 1.81 bits per heavy atom. The molecule has 3 rings (SSSR count). The molecule has 2 aromatic carbocycles. The van der Waals surface area contributed by atoms with Crippen LogP contribution in [0.25, 0.3) is 11.0 Å². The number of carbonyl (C=O) groups excluding carboxylic acids is 1. The van der Waals surface area contributed by atoms with E-state index in [9.17, 15) is 24.6 Å². The third kappa shape index (κ3) is 5.27. The molecule has 1 atom stereocenters. The monoisotopic (exact) mass is 441 g/mol. The van der Waals surface area contributed by atoms with E-state index in [1.165, 1.54) is 17.8 Å². The molecule has 0 saturated heterocycles. The van der Waals surface area contributed by atoms with Gasteiger partial charge in [-0.25, -0.2) is 9.59 Å². The summed E-state index contributed by atoms with van der Waals surface area (Å²) in [5.41, 5.74) is 1.82. The molecule has 1 aromatic heterocycles. The predicted molar refractivity (Wildman–Crippen MR) is 119 cm³/mol. The fourth-order valence-electron chi connectivity index (χ4n) is 3.23. The summed E-state index contributed by atoms with van der Waals surface area (Å²) in [6, 6.07) is 11.7. The molecular formula is C23H23NO6S. The van der Waals surface area contributed by atoms with Crippen molar-refractivity contribution in [3.05, 3.63) is 75.1 Å². The molecule has 1 unspecified atom stereocenters. The maximum atomic E-state index is 12.5. The van der Waals surface area contributed by atoms with E-state index >= 15 is 0 Å². The molecule has 1 amide bonds. The molecule has 0 aliphatic heterocycles. The summed E-state index contributed by atoms with van der Waals surface area (Å²) in [5, 5.41) is 22.4. The summed E-state index contributed by atoms with van der Waals surface area (Å²) in [6.07, 6.45) is -0.294. The number of phenols is 1. The van der Waals surface area contributed by atoms with Crippen LogP contribution >= 0.6 is 11.8 Å². The first-order chi connectivity index (χ1) is 14.8. The van der Waals surface area contributed by atoms with Gasteiger partial charge in [-0.1, -0.05) is 30.3 Å². The summed E-state index contributed by atoms with van der Waals surface area (Å²) in [5.74, 6) is -0.877. The van der Waals surface area contributed by atoms with Gasteiger partial charge in [-0.05, 0) is 37.1 Å². The number of aryl methyl sites for hydroxylation is 2. The quantitative estimate of drug-likeness (QED) is 0.460. The summed E-state index contributed by atoms with van der Waals surface area (Å²) >= 11 is 1.40. The van der Waals surface area contributed by atoms with Gasteiger partial charge in [0, 0.05) is 22.5 Å². The summed E-state index contributed by atoms with van der Waals surface area (Å²) in [6.45, 7) is 3.33. The molecule has 0 saturated carbocycles. The fraction of sp³-hybridized carbons (Fsp3) is 0.261. The third-order valence-electron chi connectivity index (χ3n) is 5.04. The van der Waals surface area contributed by atoms with E-state index in [-0.39, 0.29) is 29.1 Å². The minimum atomic E-state index is -1.14. The molecule has 0 aliphatic rings. The van der Waals surface area contributed by atoms with Gasteiger partial charge in [0.2, 0.25) is 5.91 Å². The van der Waals surface area contributed by atoms with Crippen LogP contribution in [0, 0.1) is 13.8 Å². The number of fused-ring (bicyclic) bond motifs is 1. The van der Waals surface area contributed by atoms with E-state index in [1.807, 2.05) is 30.3 Å². The number of nitrogens with one attached hydrogen (secondary N) is 1. The molecule has 3 aromatic rings. The van der Waals surface area contributed by atoms with Crippen LogP contribution in [0.2, 0.25) is 0 Å². The summed E-state index contributed by atoms with van der Waals surface area (Å²) in [4.78, 5) is 36.5. The van der Waals surface area contributed by atoms with Gasteiger partial charge in [0.15, 0.2) is 0 Å². The van der Waals surface area contributed by atoms with E-state index in [0.717, 1.165) is 5.56 Å². The predicted octanol–water partition coefficient (Wildman–Crippen LogP) is 3.16. The van der Waals surface area contributed by atoms with Gasteiger partial charge < -0.3 is 19.9 Å². The molecule has 0 aliphatic carbocycles. The van der Waals surface area contributed by atoms with Gasteiger partial charge in [-0.2, -0.15) is 11.8 Å². The van der Waals surface area contributed by atoms with E-state index in [4.69, 9.17) is 4.42 Å². The lowest BCUT2D eigenvalue weighted by Gasteiger charge is -2.15. The number of thioether (sulfide) groups is 1. The van der Waals surface area contributed by atoms with Crippen LogP contribution in [0.1, 0.15) is 22.3 Å². The van der Waals surface area contributed by atoms with Crippen LogP contribution in [-0.4, -0.2) is 33.9 Å². The molecule has 3 N–H and O–H groups in total. The second-order valence-corrected chi connectivity index (χ2v) is 8.25. The van der Waals surface area contributed by atoms with Gasteiger partial charge in [0.1, 0.15) is 17.4 Å². The highest BCUT2D eigenvalue weighted by molar-refractivity contribution is 7.98. The lowest BCUT2D eigenvalue weighted by Crippen LogP contribution is -2.43. The lowest BCUT2D eigenvalue weighted by molar-refractivity contribution is -0.141. The number of hydrogen-bond donors (Lipinski definition) is 3. The minimum Gasteiger partial charge on any atom is -0.508 e. The number of carboxylic acid groups (broad SMARTS) is 1. The maximum Gasteiger partial charge on any atom is 0.340 e. The van der Waals surface area contributed by atoms with Crippen LogP contribution in [-0.2, 0) is 21.8 Å². The Labute approximate surface area is 183 Å². The standard InChI is InChI=1S/C23H23NO6S/c1-13-16-8-9-19(25)14(2)21(16)30-23(29)17(13)10-20(26)24-18(22(27)28)12-31-11-15-6-4-3-5-7-15/h3-9,18,25H,10-12H2,1-2H3,(H,24,26)(H,27,28). The first kappa shape index (κ1) is 22.4. The van der Waals surface area contributed by atoms with Gasteiger partial charge in [0.05, 0.1) is 12.0 Å². The van der Waals surface area contributed by atoms with Crippen molar-refractivity contribution in [2.75, 3.05) is 5.75 Å². The number of phenolic OH excluding ortho intramolecular Hbond substituents is 1. The largest absolute Gasteiger partial charge is 0.508 e. The number of aromatic hydroxyl groups is 1. The van der Waals surface area contributed by atoms with E-state index < -0.39 is 23.5 Å². The zero-order chi connectivity index (χ0) is 22.5. The average Bonchev–Trinajstić information content (AvgIpc) is 2.74. The third-order valence-corrected chi connectivity index (χ3v) is 6.15. The summed E-state index contributed by atoms with van der Waals surface area (Å²) < 4.78 is 5.34. The molecule has 8 heteroatoms. The molecule has 1 heterocycles. The van der Waals surface area contributed by atoms with Crippen molar-refractivity contribution in [1.82, 2.24) is 5.32 Å². The van der Waals surface area contributed by atoms with Crippen molar-refractivity contribution < 1.29 is 24.2 Å². The Balaban J connectivity index is 1.71. The first-order valence-corrected chi connectivity index (χ1v) is 10.8. The molecule has 31 heavy (non-hydrogen) atoms. The zero-order valence-corrected chi connectivity index (χ0v) is 18.0. The first-order valence-electron chi connectivity index (χ1n) is 9.66.